The molecule has 0 aliphatic carbocycles. The van der Waals surface area contributed by atoms with Gasteiger partial charge in [0.05, 0.1) is 27.9 Å². The fourth-order valence-corrected chi connectivity index (χ4v) is 7.75. The summed E-state index contributed by atoms with van der Waals surface area (Å²) in [6.07, 6.45) is 0.468. The van der Waals surface area contributed by atoms with E-state index in [1.54, 1.807) is 0 Å². The van der Waals surface area contributed by atoms with Crippen LogP contribution in [0.2, 0.25) is 19.1 Å². The molecule has 0 unspecified atom stereocenters. The molecule has 0 radical (unpaired) electrons. The maximum Gasteiger partial charge on any atom is 0.336 e. The molecule has 1 saturated heterocycles. The summed E-state index contributed by atoms with van der Waals surface area (Å²) in [6.45, 7) is 7.76. The lowest BCUT2D eigenvalue weighted by molar-refractivity contribution is 0.00837. The van der Waals surface area contributed by atoms with Crippen molar-refractivity contribution in [2.24, 2.45) is 0 Å². The van der Waals surface area contributed by atoms with Crippen LogP contribution in [0.3, 0.4) is 0 Å². The molecule has 0 bridgehead atoms. The second-order valence-corrected chi connectivity index (χ2v) is 13.7. The maximum atomic E-state index is 11.9. The van der Waals surface area contributed by atoms with E-state index in [9.17, 15) is 39.6 Å². The highest BCUT2D eigenvalue weighted by atomic mass is 28.4. The molecule has 2 aromatic rings. The van der Waals surface area contributed by atoms with Crippen LogP contribution in [-0.2, 0) is 9.84 Å². The van der Waals surface area contributed by atoms with Gasteiger partial charge in [0.25, 0.3) is 0 Å². The van der Waals surface area contributed by atoms with Crippen molar-refractivity contribution in [2.75, 3.05) is 0 Å². The Morgan fingerprint density at radius 1 is 0.735 bits per heavy atom. The van der Waals surface area contributed by atoms with E-state index in [0.29, 0.717) is 23.6 Å². The van der Waals surface area contributed by atoms with E-state index in [-0.39, 0.29) is 11.1 Å². The van der Waals surface area contributed by atoms with Gasteiger partial charge in [-0.25, -0.2) is 19.2 Å². The van der Waals surface area contributed by atoms with E-state index < -0.39 is 54.3 Å². The first kappa shape index (κ1) is 25.1. The van der Waals surface area contributed by atoms with Gasteiger partial charge < -0.3 is 24.9 Å². The highest BCUT2D eigenvalue weighted by Gasteiger charge is 2.55. The lowest BCUT2D eigenvalue weighted by atomic mass is 9.62. The minimum atomic E-state index is -2.13. The molecule has 1 aliphatic rings. The first-order chi connectivity index (χ1) is 15.6. The minimum Gasteiger partial charge on any atom is -0.478 e. The number of benzene rings is 2. The van der Waals surface area contributed by atoms with Crippen molar-refractivity contribution < 1.29 is 44.0 Å². The van der Waals surface area contributed by atoms with E-state index in [1.807, 2.05) is 26.9 Å². The molecule has 3 rings (SSSR count). The van der Waals surface area contributed by atoms with E-state index >= 15 is 0 Å². The van der Waals surface area contributed by atoms with Crippen molar-refractivity contribution in [3.8, 4) is 0 Å². The predicted molar refractivity (Wildman–Crippen MR) is 124 cm³/mol. The molecule has 0 spiro atoms. The smallest absolute Gasteiger partial charge is 0.336 e. The highest BCUT2D eigenvalue weighted by Crippen LogP contribution is 2.53. The van der Waals surface area contributed by atoms with Gasteiger partial charge in [-0.2, -0.15) is 0 Å². The molecule has 10 heteroatoms. The average Bonchev–Trinajstić information content (AvgIpc) is 2.71. The summed E-state index contributed by atoms with van der Waals surface area (Å²) in [4.78, 5) is 47.0. The molecule has 9 nitrogen and oxygen atoms in total. The zero-order valence-corrected chi connectivity index (χ0v) is 20.2. The van der Waals surface area contributed by atoms with Crippen LogP contribution in [0.4, 0.5) is 0 Å². The Labute approximate surface area is 196 Å². The second-order valence-electron chi connectivity index (χ2n) is 9.52. The van der Waals surface area contributed by atoms with Crippen molar-refractivity contribution >= 4 is 32.2 Å². The molecule has 4 N–H and O–H groups in total. The summed E-state index contributed by atoms with van der Waals surface area (Å²) in [6, 6.07) is 8.73. The van der Waals surface area contributed by atoms with Crippen LogP contribution in [0.5, 0.6) is 0 Å². The van der Waals surface area contributed by atoms with Crippen LogP contribution >= 0.6 is 0 Å². The number of hydrogen-bond donors (Lipinski definition) is 4. The molecule has 1 heterocycles. The lowest BCUT2D eigenvalue weighted by Gasteiger charge is -2.55. The summed E-state index contributed by atoms with van der Waals surface area (Å²) < 4.78 is 6.55. The van der Waals surface area contributed by atoms with Gasteiger partial charge >= 0.3 is 23.9 Å². The number of hydrogen-bond acceptors (Lipinski definition) is 5. The van der Waals surface area contributed by atoms with E-state index in [0.717, 1.165) is 0 Å². The third-order valence-corrected chi connectivity index (χ3v) is 9.12. The molecule has 34 heavy (non-hydrogen) atoms. The summed E-state index contributed by atoms with van der Waals surface area (Å²) in [5.74, 6) is -5.59. The Kier molecular flexibility index (Phi) is 6.19. The lowest BCUT2D eigenvalue weighted by Crippen LogP contribution is -2.59. The van der Waals surface area contributed by atoms with Crippen LogP contribution in [0.15, 0.2) is 36.4 Å². The topological polar surface area (TPSA) is 158 Å². The van der Waals surface area contributed by atoms with Gasteiger partial charge in [-0.3, -0.25) is 0 Å². The summed E-state index contributed by atoms with van der Waals surface area (Å²) in [7, 11) is -2.13. The van der Waals surface area contributed by atoms with E-state index in [2.05, 4.69) is 0 Å². The SMILES string of the molecule is CC1(C)O[Si](C)(C)CCC1(c1ccc(C(=O)O)c(C(=O)O)c1)c1ccc(C(=O)O)c(C(=O)O)c1. The largest absolute Gasteiger partial charge is 0.478 e. The average molecular weight is 487 g/mol. The van der Waals surface area contributed by atoms with Crippen LogP contribution < -0.4 is 0 Å². The third-order valence-electron chi connectivity index (χ3n) is 6.61. The summed E-state index contributed by atoms with van der Waals surface area (Å²) in [5.41, 5.74) is -2.68. The first-order valence-corrected chi connectivity index (χ1v) is 13.7. The summed E-state index contributed by atoms with van der Waals surface area (Å²) >= 11 is 0. The van der Waals surface area contributed by atoms with Gasteiger partial charge in [-0.15, -0.1) is 0 Å². The van der Waals surface area contributed by atoms with Gasteiger partial charge in [0.1, 0.15) is 0 Å². The van der Waals surface area contributed by atoms with Crippen molar-refractivity contribution in [1.82, 2.24) is 0 Å². The monoisotopic (exact) mass is 486 g/mol. The Hall–Kier alpha value is -3.50. The fraction of sp³-hybridized carbons (Fsp3) is 0.333. The second kappa shape index (κ2) is 8.37. The van der Waals surface area contributed by atoms with Gasteiger partial charge in [0.15, 0.2) is 8.32 Å². The Morgan fingerprint density at radius 3 is 1.44 bits per heavy atom. The number of carboxylic acids is 4. The summed E-state index contributed by atoms with van der Waals surface area (Å²) in [5, 5.41) is 38.3. The molecule has 0 saturated carbocycles. The number of carbonyl (C=O) groups is 4. The quantitative estimate of drug-likeness (QED) is 0.440. The van der Waals surface area contributed by atoms with E-state index in [1.165, 1.54) is 36.4 Å². The van der Waals surface area contributed by atoms with Crippen LogP contribution in [0, 0.1) is 0 Å². The molecule has 0 atom stereocenters. The zero-order chi connectivity index (χ0) is 25.6. The standard InChI is InChI=1S/C24H26O9Si/c1-23(2)24(9-10-34(3,4)33-23,13-5-7-15(19(25)26)17(11-13)21(29)30)14-6-8-16(20(27)28)18(12-14)22(31)32/h5-8,11-12H,9-10H2,1-4H3,(H,25,26)(H,27,28)(H,29,30)(H,31,32). The maximum absolute atomic E-state index is 11.9. The van der Waals surface area contributed by atoms with Gasteiger partial charge in [-0.05, 0) is 74.8 Å². The third kappa shape index (κ3) is 4.10. The van der Waals surface area contributed by atoms with Crippen molar-refractivity contribution in [2.45, 2.75) is 50.4 Å². The molecule has 1 fully saturated rings. The normalized spacial score (nSPS) is 18.1. The molecule has 0 aromatic heterocycles. The Balaban J connectivity index is 2.40. The predicted octanol–water partition coefficient (Wildman–Crippen LogP) is 4.17. The van der Waals surface area contributed by atoms with Crippen LogP contribution in [-0.4, -0.2) is 58.2 Å². The number of carboxylic acid groups (broad SMARTS) is 4. The van der Waals surface area contributed by atoms with E-state index in [4.69, 9.17) is 4.43 Å². The van der Waals surface area contributed by atoms with Gasteiger partial charge in [-0.1, -0.05) is 12.1 Å². The number of rotatable bonds is 6. The van der Waals surface area contributed by atoms with Crippen molar-refractivity contribution in [3.05, 3.63) is 69.8 Å². The van der Waals surface area contributed by atoms with Crippen LogP contribution in [0.1, 0.15) is 72.8 Å². The number of aromatic carboxylic acids is 4. The Morgan fingerprint density at radius 2 is 1.12 bits per heavy atom. The molecule has 1 aliphatic heterocycles. The molecule has 180 valence electrons. The van der Waals surface area contributed by atoms with Gasteiger partial charge in [0, 0.05) is 5.41 Å². The molecular formula is C24H26O9Si. The van der Waals surface area contributed by atoms with Crippen molar-refractivity contribution in [1.29, 1.82) is 0 Å². The minimum absolute atomic E-state index is 0.372. The highest BCUT2D eigenvalue weighted by molar-refractivity contribution is 6.71. The Bertz CT molecular complexity index is 1140. The zero-order valence-electron chi connectivity index (χ0n) is 19.2. The molecule has 2 aromatic carbocycles. The fourth-order valence-electron chi connectivity index (χ4n) is 5.12. The van der Waals surface area contributed by atoms with Crippen LogP contribution in [0.25, 0.3) is 0 Å². The first-order valence-electron chi connectivity index (χ1n) is 10.6. The molecule has 0 amide bonds. The molecular weight excluding hydrogens is 460 g/mol. The van der Waals surface area contributed by atoms with Gasteiger partial charge in [0.2, 0.25) is 0 Å². The van der Waals surface area contributed by atoms with Crippen molar-refractivity contribution in [3.63, 3.8) is 0 Å².